The predicted octanol–water partition coefficient (Wildman–Crippen LogP) is 2.24. The fourth-order valence-corrected chi connectivity index (χ4v) is 4.59. The number of carboxylic acids is 1. The molecule has 10 heteroatoms. The van der Waals surface area contributed by atoms with Gasteiger partial charge in [-0.2, -0.15) is 0 Å². The molecule has 0 bridgehead atoms. The van der Waals surface area contributed by atoms with E-state index in [0.29, 0.717) is 28.0 Å². The number of aliphatic carboxylic acids is 1. The summed E-state index contributed by atoms with van der Waals surface area (Å²) in [5.41, 5.74) is 0.766. The fourth-order valence-electron chi connectivity index (χ4n) is 4.59. The number of rotatable bonds is 6. The average Bonchev–Trinajstić information content (AvgIpc) is 3.18. The van der Waals surface area contributed by atoms with Crippen LogP contribution in [0, 0.1) is 0 Å². The number of carbonyl (C=O) groups is 3. The zero-order chi connectivity index (χ0) is 24.9. The summed E-state index contributed by atoms with van der Waals surface area (Å²) in [6.07, 6.45) is 0.142. The van der Waals surface area contributed by atoms with Crippen molar-refractivity contribution in [3.05, 3.63) is 57.4 Å². The smallest absolute Gasteiger partial charge is 0.343 e. The monoisotopic (exact) mass is 478 g/mol. The average molecular weight is 478 g/mol. The molecule has 2 aliphatic heterocycles. The molecule has 0 spiro atoms. The molecule has 5 rings (SSSR count). The van der Waals surface area contributed by atoms with Crippen LogP contribution in [-0.4, -0.2) is 37.7 Å². The Labute approximate surface area is 198 Å². The van der Waals surface area contributed by atoms with Crippen molar-refractivity contribution in [2.75, 3.05) is 0 Å². The van der Waals surface area contributed by atoms with Crippen LogP contribution in [0.15, 0.2) is 35.1 Å². The van der Waals surface area contributed by atoms with Gasteiger partial charge < -0.3 is 24.3 Å². The first-order valence-electron chi connectivity index (χ1n) is 11.2. The second-order valence-corrected chi connectivity index (χ2v) is 8.68. The SMILES string of the molecule is CC[C@@]1(O)C(=O)OCc2c1cc1n(c2=O)Cc2cc3cc(OC(=O)CCCC(=O)O)ccc3nc2-1. The van der Waals surface area contributed by atoms with Crippen LogP contribution in [0.3, 0.4) is 0 Å². The molecule has 1 atom stereocenters. The minimum Gasteiger partial charge on any atom is -0.481 e. The number of aromatic nitrogens is 2. The standard InChI is InChI=1S/C25H22N2O8/c1-2-25(33)17-10-19-22-14(11-27(19)23(31)16(17)12-34-24(25)32)8-13-9-15(6-7-18(13)26-22)35-21(30)5-3-4-20(28)29/h6-10,33H,2-5,11-12H2,1H3,(H,28,29)/t25-/m0/s1. The summed E-state index contributed by atoms with van der Waals surface area (Å²) in [5.74, 6) is -1.95. The van der Waals surface area contributed by atoms with Crippen LogP contribution >= 0.6 is 0 Å². The molecule has 0 saturated heterocycles. The van der Waals surface area contributed by atoms with Crippen molar-refractivity contribution in [3.63, 3.8) is 0 Å². The minimum absolute atomic E-state index is 0.00794. The molecule has 0 saturated carbocycles. The topological polar surface area (TPSA) is 145 Å². The van der Waals surface area contributed by atoms with E-state index < -0.39 is 23.5 Å². The Bertz CT molecular complexity index is 1470. The van der Waals surface area contributed by atoms with Crippen LogP contribution in [0.5, 0.6) is 5.75 Å². The maximum atomic E-state index is 13.2. The van der Waals surface area contributed by atoms with Crippen LogP contribution in [0.4, 0.5) is 0 Å². The number of hydrogen-bond donors (Lipinski definition) is 2. The Morgan fingerprint density at radius 1 is 1.20 bits per heavy atom. The Hall–Kier alpha value is -4.05. The van der Waals surface area contributed by atoms with E-state index in [-0.39, 0.29) is 55.5 Å². The van der Waals surface area contributed by atoms with Gasteiger partial charge in [-0.25, -0.2) is 9.78 Å². The van der Waals surface area contributed by atoms with Gasteiger partial charge >= 0.3 is 17.9 Å². The molecule has 0 amide bonds. The van der Waals surface area contributed by atoms with Crippen LogP contribution in [-0.2, 0) is 37.9 Å². The van der Waals surface area contributed by atoms with E-state index in [1.807, 2.05) is 6.07 Å². The molecular formula is C25H22N2O8. The molecule has 35 heavy (non-hydrogen) atoms. The van der Waals surface area contributed by atoms with E-state index in [4.69, 9.17) is 19.6 Å². The normalized spacial score (nSPS) is 17.9. The Kier molecular flexibility index (Phi) is 5.40. The van der Waals surface area contributed by atoms with Crippen LogP contribution in [0.2, 0.25) is 0 Å². The van der Waals surface area contributed by atoms with Crippen molar-refractivity contribution < 1.29 is 34.1 Å². The van der Waals surface area contributed by atoms with E-state index >= 15 is 0 Å². The largest absolute Gasteiger partial charge is 0.481 e. The highest BCUT2D eigenvalue weighted by molar-refractivity contribution is 5.87. The molecule has 1 aromatic carbocycles. The summed E-state index contributed by atoms with van der Waals surface area (Å²) in [7, 11) is 0. The number of ether oxygens (including phenoxy) is 2. The van der Waals surface area contributed by atoms with E-state index in [1.165, 1.54) is 0 Å². The third-order valence-electron chi connectivity index (χ3n) is 6.48. The molecule has 0 unspecified atom stereocenters. The summed E-state index contributed by atoms with van der Waals surface area (Å²) < 4.78 is 12.0. The number of fused-ring (bicyclic) bond motifs is 5. The number of carboxylic acid groups (broad SMARTS) is 1. The van der Waals surface area contributed by atoms with Gasteiger partial charge in [0.25, 0.3) is 5.56 Å². The van der Waals surface area contributed by atoms with Gasteiger partial charge in [-0.3, -0.25) is 14.4 Å². The molecule has 0 aliphatic carbocycles. The number of hydrogen-bond acceptors (Lipinski definition) is 8. The summed E-state index contributed by atoms with van der Waals surface area (Å²) in [5, 5.41) is 20.3. The Morgan fingerprint density at radius 3 is 2.74 bits per heavy atom. The minimum atomic E-state index is -1.88. The summed E-state index contributed by atoms with van der Waals surface area (Å²) in [4.78, 5) is 52.8. The lowest BCUT2D eigenvalue weighted by molar-refractivity contribution is -0.172. The fraction of sp³-hybridized carbons (Fsp3) is 0.320. The number of pyridine rings is 2. The lowest BCUT2D eigenvalue weighted by Crippen LogP contribution is -2.44. The molecule has 3 aromatic rings. The second kappa shape index (κ2) is 8.31. The van der Waals surface area contributed by atoms with Crippen molar-refractivity contribution in [1.29, 1.82) is 0 Å². The van der Waals surface area contributed by atoms with E-state index in [0.717, 1.165) is 5.56 Å². The van der Waals surface area contributed by atoms with Gasteiger partial charge in [-0.15, -0.1) is 0 Å². The molecule has 2 aromatic heterocycles. The third kappa shape index (κ3) is 3.75. The maximum absolute atomic E-state index is 13.2. The van der Waals surface area contributed by atoms with E-state index in [1.54, 1.807) is 35.8 Å². The molecule has 2 N–H and O–H groups in total. The van der Waals surface area contributed by atoms with Gasteiger partial charge in [-0.05, 0) is 43.2 Å². The first kappa shape index (κ1) is 22.7. The quantitative estimate of drug-likeness (QED) is 0.315. The van der Waals surface area contributed by atoms with E-state index in [9.17, 15) is 24.3 Å². The second-order valence-electron chi connectivity index (χ2n) is 8.68. The lowest BCUT2D eigenvalue weighted by Gasteiger charge is -2.31. The number of benzene rings is 1. The number of aliphatic hydroxyl groups is 1. The van der Waals surface area contributed by atoms with Crippen LogP contribution < -0.4 is 10.3 Å². The first-order valence-corrected chi connectivity index (χ1v) is 11.2. The highest BCUT2D eigenvalue weighted by atomic mass is 16.6. The van der Waals surface area contributed by atoms with Gasteiger partial charge in [0.1, 0.15) is 12.4 Å². The molecule has 0 radical (unpaired) electrons. The van der Waals surface area contributed by atoms with Crippen molar-refractivity contribution in [3.8, 4) is 17.1 Å². The molecular weight excluding hydrogens is 456 g/mol. The maximum Gasteiger partial charge on any atom is 0.343 e. The zero-order valence-corrected chi connectivity index (χ0v) is 18.9. The number of esters is 2. The van der Waals surface area contributed by atoms with Gasteiger partial charge in [0.2, 0.25) is 0 Å². The summed E-state index contributed by atoms with van der Waals surface area (Å²) >= 11 is 0. The number of nitrogens with zero attached hydrogens (tertiary/aromatic N) is 2. The molecule has 10 nitrogen and oxygen atoms in total. The molecule has 0 fully saturated rings. The van der Waals surface area contributed by atoms with Crippen LogP contribution in [0.25, 0.3) is 22.3 Å². The Morgan fingerprint density at radius 2 is 2.00 bits per heavy atom. The number of carbonyl (C=O) groups excluding carboxylic acids is 2. The third-order valence-corrected chi connectivity index (χ3v) is 6.48. The molecule has 2 aliphatic rings. The Balaban J connectivity index is 1.49. The highest BCUT2D eigenvalue weighted by Crippen LogP contribution is 2.38. The number of cyclic esters (lactones) is 1. The van der Waals surface area contributed by atoms with Gasteiger partial charge in [0.15, 0.2) is 5.60 Å². The van der Waals surface area contributed by atoms with Crippen molar-refractivity contribution in [2.45, 2.75) is 51.4 Å². The lowest BCUT2D eigenvalue weighted by atomic mass is 9.86. The van der Waals surface area contributed by atoms with Crippen LogP contribution in [0.1, 0.15) is 49.3 Å². The highest BCUT2D eigenvalue weighted by Gasteiger charge is 2.45. The summed E-state index contributed by atoms with van der Waals surface area (Å²) in [6.45, 7) is 1.72. The summed E-state index contributed by atoms with van der Waals surface area (Å²) in [6, 6.07) is 8.46. The predicted molar refractivity (Wildman–Crippen MR) is 122 cm³/mol. The first-order chi connectivity index (χ1) is 16.7. The van der Waals surface area contributed by atoms with Gasteiger partial charge in [0.05, 0.1) is 29.0 Å². The van der Waals surface area contributed by atoms with Crippen molar-refractivity contribution >= 4 is 28.8 Å². The van der Waals surface area contributed by atoms with Gasteiger partial charge in [-0.1, -0.05) is 6.92 Å². The van der Waals surface area contributed by atoms with Crippen molar-refractivity contribution in [1.82, 2.24) is 9.55 Å². The van der Waals surface area contributed by atoms with Gasteiger partial charge in [0, 0.05) is 29.4 Å². The molecule has 180 valence electrons. The molecule has 4 heterocycles. The van der Waals surface area contributed by atoms with E-state index in [2.05, 4.69) is 0 Å². The van der Waals surface area contributed by atoms with Crippen molar-refractivity contribution in [2.24, 2.45) is 0 Å². The zero-order valence-electron chi connectivity index (χ0n) is 18.9.